The first kappa shape index (κ1) is 16.4. The summed E-state index contributed by atoms with van der Waals surface area (Å²) >= 11 is 0. The number of aliphatic carboxylic acids is 1. The Bertz CT molecular complexity index is 724. The van der Waals surface area contributed by atoms with E-state index in [1.807, 2.05) is 54.5 Å². The first-order chi connectivity index (χ1) is 11.4. The van der Waals surface area contributed by atoms with Gasteiger partial charge in [-0.3, -0.25) is 9.69 Å². The third-order valence-corrected chi connectivity index (χ3v) is 4.12. The van der Waals surface area contributed by atoms with Crippen molar-refractivity contribution in [1.82, 2.24) is 19.7 Å². The highest BCUT2D eigenvalue weighted by atomic mass is 16.5. The second-order valence-electron chi connectivity index (χ2n) is 6.34. The minimum Gasteiger partial charge on any atom is -0.491 e. The van der Waals surface area contributed by atoms with E-state index in [4.69, 9.17) is 4.74 Å². The highest BCUT2D eigenvalue weighted by Gasteiger charge is 2.33. The van der Waals surface area contributed by atoms with Crippen LogP contribution in [0.4, 0.5) is 0 Å². The summed E-state index contributed by atoms with van der Waals surface area (Å²) in [5.74, 6) is 1.56. The van der Waals surface area contributed by atoms with Gasteiger partial charge in [0.2, 0.25) is 0 Å². The summed E-state index contributed by atoms with van der Waals surface area (Å²) in [5.41, 5.74) is 1.04. The molecule has 1 aliphatic heterocycles. The summed E-state index contributed by atoms with van der Waals surface area (Å²) in [6, 6.07) is 7.20. The normalized spacial score (nSPS) is 17.8. The van der Waals surface area contributed by atoms with Gasteiger partial charge in [-0.1, -0.05) is 12.1 Å². The van der Waals surface area contributed by atoms with Crippen molar-refractivity contribution in [3.8, 4) is 5.75 Å². The van der Waals surface area contributed by atoms with Crippen molar-refractivity contribution in [1.29, 1.82) is 0 Å². The lowest BCUT2D eigenvalue weighted by molar-refractivity contribution is -0.145. The Morgan fingerprint density at radius 1 is 1.33 bits per heavy atom. The van der Waals surface area contributed by atoms with Gasteiger partial charge in [-0.05, 0) is 38.5 Å². The summed E-state index contributed by atoms with van der Waals surface area (Å²) in [4.78, 5) is 13.6. The average molecular weight is 330 g/mol. The Hall–Kier alpha value is -2.41. The number of ether oxygens (including phenoxy) is 1. The van der Waals surface area contributed by atoms with Gasteiger partial charge in [0.1, 0.15) is 23.4 Å². The number of carbonyl (C=O) groups is 1. The second kappa shape index (κ2) is 6.60. The van der Waals surface area contributed by atoms with E-state index < -0.39 is 12.0 Å². The lowest BCUT2D eigenvalue weighted by Crippen LogP contribution is -2.47. The highest BCUT2D eigenvalue weighted by Crippen LogP contribution is 2.22. The number of rotatable bonds is 5. The van der Waals surface area contributed by atoms with Crippen LogP contribution in [0.3, 0.4) is 0 Å². The number of hydrogen-bond acceptors (Lipinski definition) is 5. The minimum atomic E-state index is -0.825. The fraction of sp³-hybridized carbons (Fsp3) is 0.471. The third kappa shape index (κ3) is 3.41. The Morgan fingerprint density at radius 3 is 2.67 bits per heavy atom. The van der Waals surface area contributed by atoms with E-state index in [1.54, 1.807) is 0 Å². The summed E-state index contributed by atoms with van der Waals surface area (Å²) in [6.07, 6.45) is 0.129. The number of aryl methyl sites for hydroxylation is 1. The van der Waals surface area contributed by atoms with E-state index in [2.05, 4.69) is 10.2 Å². The maximum absolute atomic E-state index is 11.7. The second-order valence-corrected chi connectivity index (χ2v) is 6.34. The fourth-order valence-corrected chi connectivity index (χ4v) is 2.94. The molecule has 0 amide bonds. The zero-order valence-corrected chi connectivity index (χ0v) is 14.1. The molecular formula is C17H22N4O3. The standard InChI is InChI=1S/C17H22N4O3/c1-11(2)24-14-6-4-13(5-7-14)8-20-10-16-19-18-12(3)21(16)9-15(20)17(22)23/h4-7,11,15H,8-10H2,1-3H3,(H,22,23). The number of carboxylic acid groups (broad SMARTS) is 1. The van der Waals surface area contributed by atoms with Gasteiger partial charge in [-0.15, -0.1) is 10.2 Å². The van der Waals surface area contributed by atoms with Gasteiger partial charge in [0.25, 0.3) is 0 Å². The zero-order chi connectivity index (χ0) is 17.3. The molecule has 1 unspecified atom stereocenters. The van der Waals surface area contributed by atoms with Crippen molar-refractivity contribution in [2.75, 3.05) is 0 Å². The van der Waals surface area contributed by atoms with E-state index in [0.717, 1.165) is 23.0 Å². The Labute approximate surface area is 140 Å². The summed E-state index contributed by atoms with van der Waals surface area (Å²) in [6.45, 7) is 7.21. The van der Waals surface area contributed by atoms with Crippen molar-refractivity contribution >= 4 is 5.97 Å². The molecule has 0 radical (unpaired) electrons. The van der Waals surface area contributed by atoms with Crippen molar-refractivity contribution in [3.63, 3.8) is 0 Å². The molecule has 0 saturated heterocycles. The van der Waals surface area contributed by atoms with Gasteiger partial charge in [0.05, 0.1) is 19.2 Å². The third-order valence-electron chi connectivity index (χ3n) is 4.12. The van der Waals surface area contributed by atoms with Crippen LogP contribution in [0.15, 0.2) is 24.3 Å². The van der Waals surface area contributed by atoms with Gasteiger partial charge in [-0.2, -0.15) is 0 Å². The predicted molar refractivity (Wildman–Crippen MR) is 87.6 cm³/mol. The van der Waals surface area contributed by atoms with Gasteiger partial charge >= 0.3 is 5.97 Å². The summed E-state index contributed by atoms with van der Waals surface area (Å²) in [7, 11) is 0. The minimum absolute atomic E-state index is 0.129. The molecule has 2 heterocycles. The molecule has 24 heavy (non-hydrogen) atoms. The number of carboxylic acids is 1. The van der Waals surface area contributed by atoms with Crippen LogP contribution in [0.1, 0.15) is 31.1 Å². The van der Waals surface area contributed by atoms with Crippen molar-refractivity contribution < 1.29 is 14.6 Å². The molecule has 1 N–H and O–H groups in total. The maximum Gasteiger partial charge on any atom is 0.322 e. The highest BCUT2D eigenvalue weighted by molar-refractivity contribution is 5.73. The Kier molecular flexibility index (Phi) is 4.53. The molecule has 1 aliphatic rings. The van der Waals surface area contributed by atoms with Gasteiger partial charge < -0.3 is 14.4 Å². The van der Waals surface area contributed by atoms with E-state index in [1.165, 1.54) is 0 Å². The molecule has 0 spiro atoms. The van der Waals surface area contributed by atoms with E-state index in [-0.39, 0.29) is 6.10 Å². The summed E-state index contributed by atoms with van der Waals surface area (Å²) in [5, 5.41) is 17.8. The smallest absolute Gasteiger partial charge is 0.322 e. The molecular weight excluding hydrogens is 308 g/mol. The fourth-order valence-electron chi connectivity index (χ4n) is 2.94. The number of fused-ring (bicyclic) bond motifs is 1. The molecule has 1 atom stereocenters. The molecule has 7 nitrogen and oxygen atoms in total. The number of aromatic nitrogens is 3. The van der Waals surface area contributed by atoms with Crippen LogP contribution in [0.2, 0.25) is 0 Å². The van der Waals surface area contributed by atoms with Crippen LogP contribution in [0.5, 0.6) is 5.75 Å². The van der Waals surface area contributed by atoms with Gasteiger partial charge in [0, 0.05) is 6.54 Å². The lowest BCUT2D eigenvalue weighted by atomic mass is 10.1. The first-order valence-corrected chi connectivity index (χ1v) is 8.05. The molecule has 0 saturated carbocycles. The van der Waals surface area contributed by atoms with Crippen LogP contribution < -0.4 is 4.74 Å². The van der Waals surface area contributed by atoms with Crippen LogP contribution in [0, 0.1) is 6.92 Å². The molecule has 0 bridgehead atoms. The van der Waals surface area contributed by atoms with Crippen LogP contribution in [-0.4, -0.2) is 42.9 Å². The lowest BCUT2D eigenvalue weighted by Gasteiger charge is -2.33. The number of hydrogen-bond donors (Lipinski definition) is 1. The van der Waals surface area contributed by atoms with Gasteiger partial charge in [0.15, 0.2) is 0 Å². The number of benzene rings is 1. The molecule has 7 heteroatoms. The molecule has 0 aliphatic carbocycles. The maximum atomic E-state index is 11.7. The SMILES string of the molecule is Cc1nnc2n1CC(C(=O)O)N(Cc1ccc(OC(C)C)cc1)C2. The van der Waals surface area contributed by atoms with Gasteiger partial charge in [-0.25, -0.2) is 0 Å². The molecule has 0 fully saturated rings. The zero-order valence-electron chi connectivity index (χ0n) is 14.1. The van der Waals surface area contributed by atoms with Crippen LogP contribution >= 0.6 is 0 Å². The van der Waals surface area contributed by atoms with E-state index in [0.29, 0.717) is 19.6 Å². The van der Waals surface area contributed by atoms with E-state index in [9.17, 15) is 9.90 Å². The predicted octanol–water partition coefficient (Wildman–Crippen LogP) is 1.84. The molecule has 3 rings (SSSR count). The molecule has 2 aromatic rings. The van der Waals surface area contributed by atoms with Crippen molar-refractivity contribution in [2.24, 2.45) is 0 Å². The molecule has 1 aromatic carbocycles. The largest absolute Gasteiger partial charge is 0.491 e. The van der Waals surface area contributed by atoms with E-state index >= 15 is 0 Å². The first-order valence-electron chi connectivity index (χ1n) is 8.05. The summed E-state index contributed by atoms with van der Waals surface area (Å²) < 4.78 is 7.52. The molecule has 128 valence electrons. The van der Waals surface area contributed by atoms with Crippen LogP contribution in [-0.2, 0) is 24.4 Å². The van der Waals surface area contributed by atoms with Crippen molar-refractivity contribution in [2.45, 2.75) is 52.6 Å². The van der Waals surface area contributed by atoms with Crippen LogP contribution in [0.25, 0.3) is 0 Å². The average Bonchev–Trinajstić information content (AvgIpc) is 2.88. The quantitative estimate of drug-likeness (QED) is 0.901. The number of nitrogens with zero attached hydrogens (tertiary/aromatic N) is 4. The molecule has 1 aromatic heterocycles. The Morgan fingerprint density at radius 2 is 2.04 bits per heavy atom. The monoisotopic (exact) mass is 330 g/mol. The topological polar surface area (TPSA) is 80.5 Å². The Balaban J connectivity index is 1.76. The van der Waals surface area contributed by atoms with Crippen molar-refractivity contribution in [3.05, 3.63) is 41.5 Å².